The van der Waals surface area contributed by atoms with Crippen LogP contribution in [0.4, 0.5) is 14.9 Å². The Labute approximate surface area is 377 Å². The zero-order valence-electron chi connectivity index (χ0n) is 36.3. The van der Waals surface area contributed by atoms with Gasteiger partial charge in [-0.2, -0.15) is 0 Å². The fourth-order valence-corrected chi connectivity index (χ4v) is 8.04. The maximum atomic E-state index is 14.9. The number of aliphatic hydroxyl groups is 1. The van der Waals surface area contributed by atoms with Gasteiger partial charge in [-0.1, -0.05) is 91.0 Å². The molecule has 1 unspecified atom stereocenters. The van der Waals surface area contributed by atoms with Gasteiger partial charge in [-0.15, -0.1) is 0 Å². The van der Waals surface area contributed by atoms with Crippen LogP contribution >= 0.6 is 0 Å². The number of likely N-dealkylation sites (tertiary alicyclic amines) is 1. The lowest BCUT2D eigenvalue weighted by molar-refractivity contribution is -0.122. The number of aromatic amines is 1. The van der Waals surface area contributed by atoms with Crippen LogP contribution in [0.3, 0.4) is 0 Å². The molecule has 2 atom stereocenters. The molecule has 1 aliphatic heterocycles. The normalized spacial score (nSPS) is 14.1. The molecule has 1 aromatic heterocycles. The van der Waals surface area contributed by atoms with E-state index < -0.39 is 12.2 Å². The van der Waals surface area contributed by atoms with Crippen LogP contribution in [0.5, 0.6) is 5.75 Å². The summed E-state index contributed by atoms with van der Waals surface area (Å²) in [4.78, 5) is 54.9. The van der Waals surface area contributed by atoms with Crippen molar-refractivity contribution in [2.45, 2.75) is 70.4 Å². The summed E-state index contributed by atoms with van der Waals surface area (Å²) in [5.74, 6) is -0.704. The van der Waals surface area contributed by atoms with Crippen molar-refractivity contribution in [2.75, 3.05) is 31.5 Å². The first-order valence-corrected chi connectivity index (χ1v) is 22.0. The molecule has 2 heterocycles. The number of ether oxygens (including phenoxy) is 1. The molecule has 13 nitrogen and oxygen atoms in total. The molecule has 65 heavy (non-hydrogen) atoms. The van der Waals surface area contributed by atoms with Crippen molar-refractivity contribution in [3.63, 3.8) is 0 Å². The van der Waals surface area contributed by atoms with Crippen LogP contribution in [-0.2, 0) is 40.3 Å². The molecule has 0 bridgehead atoms. The number of nitrogens with zero attached hydrogens (tertiary/aromatic N) is 1. The number of benzene rings is 5. The average molecular weight is 883 g/mol. The van der Waals surface area contributed by atoms with Gasteiger partial charge in [0, 0.05) is 68.7 Å². The molecule has 6 aromatic rings. The van der Waals surface area contributed by atoms with Gasteiger partial charge in [0.15, 0.2) is 0 Å². The lowest BCUT2D eigenvalue weighted by Crippen LogP contribution is -2.40. The molecule has 3 amide bonds. The van der Waals surface area contributed by atoms with Crippen molar-refractivity contribution >= 4 is 34.5 Å². The largest absolute Gasteiger partial charge is 0.506 e. The Bertz CT molecular complexity index is 2630. The number of aliphatic hydroxyl groups excluding tert-OH is 1. The number of para-hydroxylation sites is 1. The van der Waals surface area contributed by atoms with E-state index in [0.29, 0.717) is 61.0 Å². The van der Waals surface area contributed by atoms with Gasteiger partial charge in [0.1, 0.15) is 17.7 Å². The molecule has 5 aromatic carbocycles. The van der Waals surface area contributed by atoms with E-state index in [1.807, 2.05) is 85.8 Å². The molecule has 1 saturated heterocycles. The molecule has 0 radical (unpaired) electrons. The van der Waals surface area contributed by atoms with E-state index in [1.54, 1.807) is 24.3 Å². The number of aromatic hydroxyl groups is 1. The number of aromatic nitrogens is 1. The summed E-state index contributed by atoms with van der Waals surface area (Å²) in [6, 6.07) is 35.5. The summed E-state index contributed by atoms with van der Waals surface area (Å²) in [7, 11) is 0. The fourth-order valence-electron chi connectivity index (χ4n) is 8.04. The molecule has 338 valence electrons. The van der Waals surface area contributed by atoms with E-state index in [0.717, 1.165) is 40.9 Å². The van der Waals surface area contributed by atoms with Crippen LogP contribution in [0.2, 0.25) is 0 Å². The third-order valence-electron chi connectivity index (χ3n) is 11.6. The zero-order chi connectivity index (χ0) is 45.7. The molecule has 0 spiro atoms. The number of halogens is 1. The first-order valence-electron chi connectivity index (χ1n) is 22.0. The van der Waals surface area contributed by atoms with Gasteiger partial charge >= 0.3 is 6.09 Å². The molecular weight excluding hydrogens is 828 g/mol. The molecular formula is C51H55FN6O7. The topological polar surface area (TPSA) is 185 Å². The fraction of sp³-hybridized carbons (Fsp3) is 0.294. The average Bonchev–Trinajstić information content (AvgIpc) is 3.31. The number of rotatable bonds is 18. The summed E-state index contributed by atoms with van der Waals surface area (Å²) in [5.41, 5.74) is 5.99. The minimum Gasteiger partial charge on any atom is -0.506 e. The van der Waals surface area contributed by atoms with E-state index in [2.05, 4.69) is 31.2 Å². The van der Waals surface area contributed by atoms with Gasteiger partial charge in [0.25, 0.3) is 0 Å². The molecule has 1 aliphatic rings. The van der Waals surface area contributed by atoms with Gasteiger partial charge in [-0.25, -0.2) is 9.18 Å². The molecule has 7 N–H and O–H groups in total. The maximum absolute atomic E-state index is 14.9. The van der Waals surface area contributed by atoms with E-state index in [1.165, 1.54) is 18.2 Å². The third kappa shape index (κ3) is 13.1. The van der Waals surface area contributed by atoms with Gasteiger partial charge < -0.3 is 40.8 Å². The van der Waals surface area contributed by atoms with Crippen molar-refractivity contribution in [3.05, 3.63) is 165 Å². The van der Waals surface area contributed by atoms with Gasteiger partial charge in [0.2, 0.25) is 17.4 Å². The number of amides is 3. The first-order chi connectivity index (χ1) is 31.5. The highest BCUT2D eigenvalue weighted by Gasteiger charge is 2.23. The summed E-state index contributed by atoms with van der Waals surface area (Å²) in [5, 5.41) is 33.6. The number of hydrogen-bond donors (Lipinski definition) is 7. The Hall–Kier alpha value is -6.87. The third-order valence-corrected chi connectivity index (χ3v) is 11.6. The molecule has 7 rings (SSSR count). The Balaban J connectivity index is 0.772. The van der Waals surface area contributed by atoms with Crippen LogP contribution in [0, 0.1) is 5.82 Å². The van der Waals surface area contributed by atoms with Gasteiger partial charge in [0.05, 0.1) is 23.7 Å². The van der Waals surface area contributed by atoms with Gasteiger partial charge in [-0.05, 0) is 83.8 Å². The highest BCUT2D eigenvalue weighted by molar-refractivity contribution is 5.91. The van der Waals surface area contributed by atoms with E-state index in [4.69, 9.17) is 4.74 Å². The number of carbonyl (C=O) groups excluding carboxylic acids is 3. The molecule has 0 saturated carbocycles. The van der Waals surface area contributed by atoms with Crippen LogP contribution in [-0.4, -0.2) is 76.3 Å². The SMILES string of the molecule is CC(Cc1cc(CNC(=O)Cc2ccc(CNC(=O)CCN3CCC(OC(=O)Nc4ccccc4-c4ccccc4)CC3)cc2)ccc1F)NC[C@H](O)c1ccc(O)c2[nH]c(=O)ccc12. The minimum absolute atomic E-state index is 0.0587. The molecule has 14 heteroatoms. The lowest BCUT2D eigenvalue weighted by atomic mass is 10.0. The minimum atomic E-state index is -0.950. The number of piperidine rings is 1. The monoisotopic (exact) mass is 882 g/mol. The quantitative estimate of drug-likeness (QED) is 0.0484. The predicted octanol–water partition coefficient (Wildman–Crippen LogP) is 6.87. The second-order valence-corrected chi connectivity index (χ2v) is 16.5. The number of anilines is 1. The van der Waals surface area contributed by atoms with Crippen molar-refractivity contribution in [1.82, 2.24) is 25.8 Å². The Morgan fingerprint density at radius 2 is 1.52 bits per heavy atom. The van der Waals surface area contributed by atoms with Gasteiger partial charge in [-0.3, -0.25) is 19.7 Å². The zero-order valence-corrected chi connectivity index (χ0v) is 36.3. The standard InChI is InChI=1S/C51H55FN6O7/c1-33(53-32-46(60)41-16-19-45(59)50-42(41)17-20-48(62)57-50)27-38-28-36(15-18-43(38)52)31-55-49(63)29-34-11-13-35(14-12-34)30-54-47(61)23-26-58-24-21-39(22-25-58)65-51(64)56-44-10-6-5-9-40(44)37-7-3-2-4-8-37/h2-20,28,33,39,46,53,59-60H,21-27,29-32H2,1H3,(H,54,61)(H,55,63)(H,56,64)(H,57,62)/t33?,46-/m0/s1. The first kappa shape index (κ1) is 46.1. The van der Waals surface area contributed by atoms with Crippen LogP contribution in [0.25, 0.3) is 22.0 Å². The number of nitrogens with one attached hydrogen (secondary N) is 5. The summed E-state index contributed by atoms with van der Waals surface area (Å²) >= 11 is 0. The maximum Gasteiger partial charge on any atom is 0.411 e. The lowest BCUT2D eigenvalue weighted by Gasteiger charge is -2.31. The second-order valence-electron chi connectivity index (χ2n) is 16.5. The number of phenols is 1. The van der Waals surface area contributed by atoms with E-state index in [9.17, 15) is 33.8 Å². The summed E-state index contributed by atoms with van der Waals surface area (Å²) in [6.45, 7) is 4.69. The Kier molecular flexibility index (Phi) is 15.7. The van der Waals surface area contributed by atoms with E-state index >= 15 is 0 Å². The predicted molar refractivity (Wildman–Crippen MR) is 249 cm³/mol. The van der Waals surface area contributed by atoms with Crippen LogP contribution < -0.4 is 26.8 Å². The highest BCUT2D eigenvalue weighted by Crippen LogP contribution is 2.30. The number of H-pyrrole nitrogens is 1. The molecule has 0 aliphatic carbocycles. The summed E-state index contributed by atoms with van der Waals surface area (Å²) < 4.78 is 20.6. The van der Waals surface area contributed by atoms with Crippen molar-refractivity contribution in [2.24, 2.45) is 0 Å². The van der Waals surface area contributed by atoms with E-state index in [-0.39, 0.29) is 66.1 Å². The number of fused-ring (bicyclic) bond motifs is 1. The van der Waals surface area contributed by atoms with Crippen molar-refractivity contribution in [1.29, 1.82) is 0 Å². The number of phenolic OH excluding ortho intramolecular Hbond substituents is 1. The second kappa shape index (κ2) is 22.2. The smallest absolute Gasteiger partial charge is 0.411 e. The van der Waals surface area contributed by atoms with Crippen molar-refractivity contribution < 1.29 is 33.7 Å². The van der Waals surface area contributed by atoms with Crippen LogP contribution in [0.15, 0.2) is 126 Å². The van der Waals surface area contributed by atoms with Crippen LogP contribution in [0.1, 0.15) is 60.1 Å². The number of pyridine rings is 1. The molecule has 1 fully saturated rings. The number of hydrogen-bond acceptors (Lipinski definition) is 9. The summed E-state index contributed by atoms with van der Waals surface area (Å²) in [6.07, 6.45) is 0.596. The van der Waals surface area contributed by atoms with Crippen molar-refractivity contribution in [3.8, 4) is 16.9 Å². The number of carbonyl (C=O) groups is 3. The highest BCUT2D eigenvalue weighted by atomic mass is 19.1. The Morgan fingerprint density at radius 3 is 2.31 bits per heavy atom. The Morgan fingerprint density at radius 1 is 0.831 bits per heavy atom.